The molecule has 0 saturated heterocycles. The van der Waals surface area contributed by atoms with Crippen LogP contribution in [0.3, 0.4) is 0 Å². The van der Waals surface area contributed by atoms with Crippen molar-refractivity contribution in [1.82, 2.24) is 15.2 Å². The number of H-pyrrole nitrogens is 1. The van der Waals surface area contributed by atoms with Crippen molar-refractivity contribution in [2.45, 2.75) is 26.0 Å². The van der Waals surface area contributed by atoms with Crippen molar-refractivity contribution in [3.8, 4) is 5.75 Å². The zero-order chi connectivity index (χ0) is 21.9. The normalized spacial score (nSPS) is 16.3. The van der Waals surface area contributed by atoms with Gasteiger partial charge in [0.05, 0.1) is 6.42 Å². The summed E-state index contributed by atoms with van der Waals surface area (Å²) in [5, 5.41) is 8.49. The first-order valence-electron chi connectivity index (χ1n) is 11.0. The van der Waals surface area contributed by atoms with E-state index in [1.54, 1.807) is 11.3 Å². The molecule has 6 heteroatoms. The number of aromatic amines is 1. The van der Waals surface area contributed by atoms with Crippen LogP contribution in [0, 0.1) is 6.92 Å². The van der Waals surface area contributed by atoms with Crippen LogP contribution in [0.15, 0.2) is 65.4 Å². The lowest BCUT2D eigenvalue weighted by molar-refractivity contribution is -0.120. The fraction of sp³-hybridized carbons (Fsp3) is 0.269. The first-order chi connectivity index (χ1) is 15.7. The van der Waals surface area contributed by atoms with Gasteiger partial charge in [-0.05, 0) is 41.4 Å². The fourth-order valence-electron chi connectivity index (χ4n) is 4.42. The number of nitrogens with zero attached hydrogens (tertiary/aromatic N) is 1. The van der Waals surface area contributed by atoms with Gasteiger partial charge in [0.15, 0.2) is 0 Å². The van der Waals surface area contributed by atoms with E-state index in [0.717, 1.165) is 47.5 Å². The van der Waals surface area contributed by atoms with E-state index in [4.69, 9.17) is 4.74 Å². The number of benzene rings is 2. The second kappa shape index (κ2) is 9.18. The van der Waals surface area contributed by atoms with Crippen LogP contribution in [0.1, 0.15) is 28.5 Å². The summed E-state index contributed by atoms with van der Waals surface area (Å²) in [5.74, 6) is 1.00. The molecular formula is C26H27N3O2S. The Hall–Kier alpha value is -3.09. The molecule has 1 atom stereocenters. The third kappa shape index (κ3) is 4.42. The molecule has 32 heavy (non-hydrogen) atoms. The molecule has 5 nitrogen and oxygen atoms in total. The van der Waals surface area contributed by atoms with Gasteiger partial charge in [-0.2, -0.15) is 11.3 Å². The van der Waals surface area contributed by atoms with Crippen LogP contribution in [0.25, 0.3) is 10.9 Å². The van der Waals surface area contributed by atoms with Crippen molar-refractivity contribution in [3.05, 3.63) is 87.7 Å². The molecule has 2 aromatic carbocycles. The zero-order valence-corrected chi connectivity index (χ0v) is 19.0. The lowest BCUT2D eigenvalue weighted by atomic mass is 10.1. The van der Waals surface area contributed by atoms with Crippen LogP contribution < -0.4 is 10.1 Å². The summed E-state index contributed by atoms with van der Waals surface area (Å²) >= 11 is 1.69. The van der Waals surface area contributed by atoms with Gasteiger partial charge < -0.3 is 15.0 Å². The molecule has 3 heterocycles. The average molecular weight is 446 g/mol. The molecule has 1 aliphatic heterocycles. The predicted molar refractivity (Wildman–Crippen MR) is 129 cm³/mol. The van der Waals surface area contributed by atoms with Crippen molar-refractivity contribution >= 4 is 28.1 Å². The number of hydrogen-bond donors (Lipinski definition) is 2. The number of carbonyl (C=O) groups is 1. The first-order valence-corrected chi connectivity index (χ1v) is 11.9. The van der Waals surface area contributed by atoms with E-state index in [1.165, 1.54) is 11.1 Å². The Labute approximate surface area is 192 Å². The highest BCUT2D eigenvalue weighted by molar-refractivity contribution is 7.07. The van der Waals surface area contributed by atoms with Gasteiger partial charge in [-0.15, -0.1) is 0 Å². The minimum absolute atomic E-state index is 0.00512. The van der Waals surface area contributed by atoms with Crippen LogP contribution in [-0.4, -0.2) is 35.4 Å². The third-order valence-electron chi connectivity index (χ3n) is 6.09. The standard InChI is InChI=1S/C26H27N3O2S/c1-18-22(21-7-3-4-8-23(21)28-18)14-26(30)27-11-12-29-15-19-6-2-5-9-24(19)31-25(16-29)20-10-13-32-17-20/h2-10,13,17,25,28H,11-12,14-16H2,1H3,(H,27,30). The lowest BCUT2D eigenvalue weighted by Gasteiger charge is -2.23. The number of aromatic nitrogens is 1. The Morgan fingerprint density at radius 2 is 2.03 bits per heavy atom. The largest absolute Gasteiger partial charge is 0.484 e. The van der Waals surface area contributed by atoms with Crippen molar-refractivity contribution in [3.63, 3.8) is 0 Å². The quantitative estimate of drug-likeness (QED) is 0.447. The van der Waals surface area contributed by atoms with E-state index >= 15 is 0 Å². The fourth-order valence-corrected chi connectivity index (χ4v) is 5.12. The van der Waals surface area contributed by atoms with E-state index in [0.29, 0.717) is 13.0 Å². The van der Waals surface area contributed by atoms with E-state index < -0.39 is 0 Å². The molecule has 164 valence electrons. The predicted octanol–water partition coefficient (Wildman–Crippen LogP) is 4.83. The maximum absolute atomic E-state index is 12.7. The SMILES string of the molecule is Cc1[nH]c2ccccc2c1CC(=O)NCCN1Cc2ccccc2OC(c2ccsc2)C1. The Kier molecular flexibility index (Phi) is 5.97. The molecule has 1 unspecified atom stereocenters. The van der Waals surface area contributed by atoms with Crippen molar-refractivity contribution in [2.24, 2.45) is 0 Å². The van der Waals surface area contributed by atoms with E-state index in [1.807, 2.05) is 37.3 Å². The second-order valence-electron chi connectivity index (χ2n) is 8.31. The number of thiophene rings is 1. The number of ether oxygens (including phenoxy) is 1. The molecule has 0 fully saturated rings. The molecule has 0 spiro atoms. The molecular weight excluding hydrogens is 418 g/mol. The molecule has 0 bridgehead atoms. The monoisotopic (exact) mass is 445 g/mol. The lowest BCUT2D eigenvalue weighted by Crippen LogP contribution is -2.37. The molecule has 4 aromatic rings. The number of fused-ring (bicyclic) bond motifs is 2. The number of amides is 1. The number of rotatable bonds is 6. The smallest absolute Gasteiger partial charge is 0.224 e. The van der Waals surface area contributed by atoms with E-state index in [9.17, 15) is 4.79 Å². The van der Waals surface area contributed by atoms with Gasteiger partial charge in [-0.25, -0.2) is 0 Å². The minimum Gasteiger partial charge on any atom is -0.484 e. The molecule has 2 N–H and O–H groups in total. The number of aryl methyl sites for hydroxylation is 1. The van der Waals surface area contributed by atoms with Gasteiger partial charge in [0.25, 0.3) is 0 Å². The minimum atomic E-state index is -0.00512. The number of carbonyl (C=O) groups excluding carboxylic acids is 1. The van der Waals surface area contributed by atoms with Crippen LogP contribution in [-0.2, 0) is 17.8 Å². The van der Waals surface area contributed by atoms with Gasteiger partial charge in [-0.1, -0.05) is 36.4 Å². The van der Waals surface area contributed by atoms with Gasteiger partial charge in [-0.3, -0.25) is 9.69 Å². The zero-order valence-electron chi connectivity index (χ0n) is 18.1. The molecule has 0 aliphatic carbocycles. The van der Waals surface area contributed by atoms with Crippen molar-refractivity contribution in [2.75, 3.05) is 19.6 Å². The molecule has 5 rings (SSSR count). The van der Waals surface area contributed by atoms with Crippen LogP contribution in [0.4, 0.5) is 0 Å². The highest BCUT2D eigenvalue weighted by atomic mass is 32.1. The maximum Gasteiger partial charge on any atom is 0.224 e. The number of para-hydroxylation sites is 2. The maximum atomic E-state index is 12.7. The highest BCUT2D eigenvalue weighted by Crippen LogP contribution is 2.31. The molecule has 0 radical (unpaired) electrons. The summed E-state index contributed by atoms with van der Waals surface area (Å²) in [6, 6.07) is 18.5. The Morgan fingerprint density at radius 1 is 1.19 bits per heavy atom. The van der Waals surface area contributed by atoms with Gasteiger partial charge in [0, 0.05) is 53.9 Å². The Balaban J connectivity index is 1.23. The van der Waals surface area contributed by atoms with Crippen molar-refractivity contribution in [1.29, 1.82) is 0 Å². The Bertz CT molecular complexity index is 1220. The van der Waals surface area contributed by atoms with E-state index in [-0.39, 0.29) is 12.0 Å². The summed E-state index contributed by atoms with van der Waals surface area (Å²) in [7, 11) is 0. The van der Waals surface area contributed by atoms with Gasteiger partial charge >= 0.3 is 0 Å². The summed E-state index contributed by atoms with van der Waals surface area (Å²) in [6.07, 6.45) is 0.383. The topological polar surface area (TPSA) is 57.4 Å². The molecule has 1 amide bonds. The summed E-state index contributed by atoms with van der Waals surface area (Å²) < 4.78 is 6.36. The third-order valence-corrected chi connectivity index (χ3v) is 6.79. The number of hydrogen-bond acceptors (Lipinski definition) is 4. The molecule has 2 aromatic heterocycles. The summed E-state index contributed by atoms with van der Waals surface area (Å²) in [4.78, 5) is 18.4. The molecule has 1 aliphatic rings. The summed E-state index contributed by atoms with van der Waals surface area (Å²) in [5.41, 5.74) is 5.60. The highest BCUT2D eigenvalue weighted by Gasteiger charge is 2.24. The number of nitrogens with one attached hydrogen (secondary N) is 2. The van der Waals surface area contributed by atoms with Gasteiger partial charge in [0.1, 0.15) is 11.9 Å². The van der Waals surface area contributed by atoms with E-state index in [2.05, 4.69) is 50.2 Å². The van der Waals surface area contributed by atoms with Gasteiger partial charge in [0.2, 0.25) is 5.91 Å². The summed E-state index contributed by atoms with van der Waals surface area (Å²) in [6.45, 7) is 5.02. The second-order valence-corrected chi connectivity index (χ2v) is 9.09. The van der Waals surface area contributed by atoms with Crippen LogP contribution in [0.5, 0.6) is 5.75 Å². The Morgan fingerprint density at radius 3 is 2.91 bits per heavy atom. The van der Waals surface area contributed by atoms with Crippen molar-refractivity contribution < 1.29 is 9.53 Å². The first kappa shape index (κ1) is 20.8. The molecule has 0 saturated carbocycles. The van der Waals surface area contributed by atoms with Crippen LogP contribution >= 0.6 is 11.3 Å². The van der Waals surface area contributed by atoms with Crippen LogP contribution in [0.2, 0.25) is 0 Å². The average Bonchev–Trinajstić information content (AvgIpc) is 3.38.